The summed E-state index contributed by atoms with van der Waals surface area (Å²) in [5.74, 6) is 2.60. The second-order valence-corrected chi connectivity index (χ2v) is 5.55. The van der Waals surface area contributed by atoms with Crippen LogP contribution in [0.15, 0.2) is 30.3 Å². The standard InChI is InChI=1S/C15H19NO/c17-15(16-14-4-2-1-3-5-14)10-13-9-11-6-7-12(13)8-11/h1-5,11-13H,6-10H2,(H,16,17)/t11-,12-,13+/m1/s1. The molecule has 3 rings (SSSR count). The maximum absolute atomic E-state index is 11.9. The molecule has 3 atom stereocenters. The van der Waals surface area contributed by atoms with Crippen LogP contribution in [0.25, 0.3) is 0 Å². The molecule has 2 fully saturated rings. The van der Waals surface area contributed by atoms with Gasteiger partial charge in [0.2, 0.25) is 5.91 Å². The first-order valence-corrected chi connectivity index (χ1v) is 6.66. The van der Waals surface area contributed by atoms with Crippen LogP contribution in [0, 0.1) is 17.8 Å². The van der Waals surface area contributed by atoms with Crippen LogP contribution in [-0.4, -0.2) is 5.91 Å². The van der Waals surface area contributed by atoms with Gasteiger partial charge >= 0.3 is 0 Å². The number of benzene rings is 1. The summed E-state index contributed by atoms with van der Waals surface area (Å²) in [4.78, 5) is 11.9. The molecule has 0 heterocycles. The van der Waals surface area contributed by atoms with Gasteiger partial charge in [-0.3, -0.25) is 4.79 Å². The zero-order chi connectivity index (χ0) is 11.7. The lowest BCUT2D eigenvalue weighted by Crippen LogP contribution is -2.20. The van der Waals surface area contributed by atoms with Gasteiger partial charge in [-0.2, -0.15) is 0 Å². The maximum atomic E-state index is 11.9. The molecule has 0 spiro atoms. The molecule has 2 heteroatoms. The molecule has 1 aromatic carbocycles. The fourth-order valence-electron chi connectivity index (χ4n) is 3.60. The van der Waals surface area contributed by atoms with E-state index in [1.54, 1.807) is 0 Å². The zero-order valence-electron chi connectivity index (χ0n) is 10.1. The Labute approximate surface area is 102 Å². The lowest BCUT2D eigenvalue weighted by Gasteiger charge is -2.20. The van der Waals surface area contributed by atoms with Crippen LogP contribution in [0.3, 0.4) is 0 Å². The van der Waals surface area contributed by atoms with Crippen LogP contribution in [0.2, 0.25) is 0 Å². The van der Waals surface area contributed by atoms with E-state index < -0.39 is 0 Å². The minimum absolute atomic E-state index is 0.189. The molecule has 0 aromatic heterocycles. The van der Waals surface area contributed by atoms with Crippen molar-refractivity contribution in [3.05, 3.63) is 30.3 Å². The second-order valence-electron chi connectivity index (χ2n) is 5.55. The number of para-hydroxylation sites is 1. The normalized spacial score (nSPS) is 30.5. The third kappa shape index (κ3) is 2.36. The Hall–Kier alpha value is -1.31. The number of nitrogens with one attached hydrogen (secondary N) is 1. The van der Waals surface area contributed by atoms with Crippen molar-refractivity contribution in [1.82, 2.24) is 0 Å². The number of hydrogen-bond acceptors (Lipinski definition) is 1. The van der Waals surface area contributed by atoms with E-state index in [1.165, 1.54) is 25.7 Å². The molecular formula is C15H19NO. The van der Waals surface area contributed by atoms with Crippen molar-refractivity contribution in [3.63, 3.8) is 0 Å². The lowest BCUT2D eigenvalue weighted by molar-refractivity contribution is -0.117. The highest BCUT2D eigenvalue weighted by molar-refractivity contribution is 5.90. The molecule has 0 radical (unpaired) electrons. The van der Waals surface area contributed by atoms with E-state index in [4.69, 9.17) is 0 Å². The molecule has 1 N–H and O–H groups in total. The molecule has 2 bridgehead atoms. The lowest BCUT2D eigenvalue weighted by atomic mass is 9.86. The molecule has 0 aliphatic heterocycles. The molecule has 0 unspecified atom stereocenters. The smallest absolute Gasteiger partial charge is 0.224 e. The fraction of sp³-hybridized carbons (Fsp3) is 0.533. The van der Waals surface area contributed by atoms with Gasteiger partial charge in [0.25, 0.3) is 0 Å². The summed E-state index contributed by atoms with van der Waals surface area (Å²) < 4.78 is 0. The van der Waals surface area contributed by atoms with Gasteiger partial charge in [0.05, 0.1) is 0 Å². The number of anilines is 1. The maximum Gasteiger partial charge on any atom is 0.224 e. The zero-order valence-corrected chi connectivity index (χ0v) is 10.1. The quantitative estimate of drug-likeness (QED) is 0.845. The minimum atomic E-state index is 0.189. The fourth-order valence-corrected chi connectivity index (χ4v) is 3.60. The van der Waals surface area contributed by atoms with Gasteiger partial charge in [0.15, 0.2) is 0 Å². The Bertz CT molecular complexity index is 401. The number of hydrogen-bond donors (Lipinski definition) is 1. The Balaban J connectivity index is 1.54. The van der Waals surface area contributed by atoms with Crippen molar-refractivity contribution in [2.75, 3.05) is 5.32 Å². The third-order valence-electron chi connectivity index (χ3n) is 4.39. The Morgan fingerprint density at radius 2 is 2.00 bits per heavy atom. The van der Waals surface area contributed by atoms with Crippen molar-refractivity contribution in [3.8, 4) is 0 Å². The minimum Gasteiger partial charge on any atom is -0.326 e. The van der Waals surface area contributed by atoms with Crippen LogP contribution < -0.4 is 5.32 Å². The average Bonchev–Trinajstić information content (AvgIpc) is 2.92. The summed E-state index contributed by atoms with van der Waals surface area (Å²) in [5.41, 5.74) is 0.917. The summed E-state index contributed by atoms with van der Waals surface area (Å²) in [5, 5.41) is 2.99. The van der Waals surface area contributed by atoms with E-state index in [9.17, 15) is 4.79 Å². The van der Waals surface area contributed by atoms with Crippen molar-refractivity contribution in [2.45, 2.75) is 32.1 Å². The van der Waals surface area contributed by atoms with E-state index in [0.717, 1.165) is 23.9 Å². The number of amides is 1. The molecule has 17 heavy (non-hydrogen) atoms. The van der Waals surface area contributed by atoms with Gasteiger partial charge in [0.1, 0.15) is 0 Å². The summed E-state index contributed by atoms with van der Waals surface area (Å²) in [6.45, 7) is 0. The molecule has 2 aliphatic carbocycles. The number of fused-ring (bicyclic) bond motifs is 2. The molecule has 2 saturated carbocycles. The van der Waals surface area contributed by atoms with Gasteiger partial charge in [-0.15, -0.1) is 0 Å². The van der Waals surface area contributed by atoms with Crippen LogP contribution >= 0.6 is 0 Å². The summed E-state index contributed by atoms with van der Waals surface area (Å²) in [7, 11) is 0. The van der Waals surface area contributed by atoms with Crippen molar-refractivity contribution in [1.29, 1.82) is 0 Å². The first-order valence-electron chi connectivity index (χ1n) is 6.66. The highest BCUT2D eigenvalue weighted by Crippen LogP contribution is 2.49. The van der Waals surface area contributed by atoms with Crippen LogP contribution in [0.4, 0.5) is 5.69 Å². The molecule has 90 valence electrons. The van der Waals surface area contributed by atoms with Crippen molar-refractivity contribution >= 4 is 11.6 Å². The molecule has 0 saturated heterocycles. The first-order chi connectivity index (χ1) is 8.31. The molecule has 1 amide bonds. The number of carbonyl (C=O) groups is 1. The van der Waals surface area contributed by atoms with E-state index >= 15 is 0 Å². The molecule has 2 aliphatic rings. The third-order valence-corrected chi connectivity index (χ3v) is 4.39. The summed E-state index contributed by atoms with van der Waals surface area (Å²) >= 11 is 0. The van der Waals surface area contributed by atoms with Crippen LogP contribution in [0.1, 0.15) is 32.1 Å². The second kappa shape index (κ2) is 4.52. The molecule has 1 aromatic rings. The number of carbonyl (C=O) groups excluding carboxylic acids is 1. The molecule has 2 nitrogen and oxygen atoms in total. The summed E-state index contributed by atoms with van der Waals surface area (Å²) in [6, 6.07) is 9.75. The molecular weight excluding hydrogens is 210 g/mol. The number of rotatable bonds is 3. The van der Waals surface area contributed by atoms with Gasteiger partial charge in [-0.1, -0.05) is 24.6 Å². The van der Waals surface area contributed by atoms with E-state index in [-0.39, 0.29) is 5.91 Å². The van der Waals surface area contributed by atoms with Gasteiger partial charge in [-0.25, -0.2) is 0 Å². The SMILES string of the molecule is O=C(C[C@@H]1C[C@@H]2CC[C@@H]1C2)Nc1ccccc1. The average molecular weight is 229 g/mol. The largest absolute Gasteiger partial charge is 0.326 e. The van der Waals surface area contributed by atoms with Gasteiger partial charge in [0, 0.05) is 12.1 Å². The predicted molar refractivity (Wildman–Crippen MR) is 68.6 cm³/mol. The van der Waals surface area contributed by atoms with Crippen molar-refractivity contribution in [2.24, 2.45) is 17.8 Å². The van der Waals surface area contributed by atoms with Crippen LogP contribution in [0.5, 0.6) is 0 Å². The van der Waals surface area contributed by atoms with E-state index in [2.05, 4.69) is 5.32 Å². The van der Waals surface area contributed by atoms with Gasteiger partial charge in [-0.05, 0) is 49.1 Å². The monoisotopic (exact) mass is 229 g/mol. The summed E-state index contributed by atoms with van der Waals surface area (Å²) in [6.07, 6.45) is 6.14. The predicted octanol–water partition coefficient (Wildman–Crippen LogP) is 3.45. The topological polar surface area (TPSA) is 29.1 Å². The van der Waals surface area contributed by atoms with E-state index in [1.807, 2.05) is 30.3 Å². The Kier molecular flexibility index (Phi) is 2.87. The highest BCUT2D eigenvalue weighted by atomic mass is 16.1. The van der Waals surface area contributed by atoms with Crippen molar-refractivity contribution < 1.29 is 4.79 Å². The van der Waals surface area contributed by atoms with E-state index in [0.29, 0.717) is 5.92 Å². The first kappa shape index (κ1) is 10.8. The Morgan fingerprint density at radius 1 is 1.18 bits per heavy atom. The Morgan fingerprint density at radius 3 is 2.65 bits per heavy atom. The van der Waals surface area contributed by atoms with Crippen LogP contribution in [-0.2, 0) is 4.79 Å². The highest BCUT2D eigenvalue weighted by Gasteiger charge is 2.39. The van der Waals surface area contributed by atoms with Gasteiger partial charge < -0.3 is 5.32 Å².